The molecule has 1 atom stereocenters. The summed E-state index contributed by atoms with van der Waals surface area (Å²) in [5.41, 5.74) is 4.07. The van der Waals surface area contributed by atoms with Crippen LogP contribution in [-0.4, -0.2) is 9.78 Å². The molecule has 1 fully saturated rings. The highest BCUT2D eigenvalue weighted by atomic mass is 15.3. The maximum atomic E-state index is 5.76. The standard InChI is InChI=1S/C15H28N4/c1-3-4-5-12-6-8-13(9-7-12)15(17-16)14-10-11-19(2)18-14/h10-13,15,17H,3-9,16H2,1-2H3. The minimum Gasteiger partial charge on any atom is -0.275 e. The van der Waals surface area contributed by atoms with Crippen LogP contribution in [0.5, 0.6) is 0 Å². The lowest BCUT2D eigenvalue weighted by atomic mass is 9.76. The van der Waals surface area contributed by atoms with Crippen molar-refractivity contribution in [1.82, 2.24) is 15.2 Å². The lowest BCUT2D eigenvalue weighted by Crippen LogP contribution is -2.35. The highest BCUT2D eigenvalue weighted by Gasteiger charge is 2.28. The number of hydrazine groups is 1. The minimum absolute atomic E-state index is 0.216. The van der Waals surface area contributed by atoms with E-state index in [-0.39, 0.29) is 6.04 Å². The zero-order chi connectivity index (χ0) is 13.7. The molecule has 1 aliphatic rings. The second-order valence-corrected chi connectivity index (χ2v) is 5.98. The van der Waals surface area contributed by atoms with Gasteiger partial charge in [0.25, 0.3) is 0 Å². The molecule has 108 valence electrons. The van der Waals surface area contributed by atoms with Gasteiger partial charge in [-0.2, -0.15) is 5.10 Å². The van der Waals surface area contributed by atoms with Crippen molar-refractivity contribution in [2.24, 2.45) is 24.7 Å². The molecule has 3 N–H and O–H groups in total. The van der Waals surface area contributed by atoms with E-state index in [4.69, 9.17) is 5.84 Å². The highest BCUT2D eigenvalue weighted by molar-refractivity contribution is 5.07. The first-order valence-electron chi connectivity index (χ1n) is 7.70. The Morgan fingerprint density at radius 2 is 2.16 bits per heavy atom. The summed E-state index contributed by atoms with van der Waals surface area (Å²) in [7, 11) is 1.96. The molecule has 1 unspecified atom stereocenters. The fourth-order valence-corrected chi connectivity index (χ4v) is 3.36. The van der Waals surface area contributed by atoms with Gasteiger partial charge < -0.3 is 0 Å². The molecule has 1 aromatic heterocycles. The van der Waals surface area contributed by atoms with E-state index in [0.29, 0.717) is 5.92 Å². The molecule has 0 amide bonds. The van der Waals surface area contributed by atoms with Crippen molar-refractivity contribution in [2.75, 3.05) is 0 Å². The Bertz CT molecular complexity index is 366. The van der Waals surface area contributed by atoms with Crippen LogP contribution in [0.2, 0.25) is 0 Å². The molecule has 0 bridgehead atoms. The lowest BCUT2D eigenvalue weighted by Gasteiger charge is -2.32. The predicted octanol–water partition coefficient (Wildman–Crippen LogP) is 2.92. The summed E-state index contributed by atoms with van der Waals surface area (Å²) < 4.78 is 1.85. The van der Waals surface area contributed by atoms with Crippen molar-refractivity contribution >= 4 is 0 Å². The molecular weight excluding hydrogens is 236 g/mol. The Morgan fingerprint density at radius 3 is 2.68 bits per heavy atom. The fourth-order valence-electron chi connectivity index (χ4n) is 3.36. The molecule has 4 heteroatoms. The van der Waals surface area contributed by atoms with E-state index in [9.17, 15) is 0 Å². The first-order chi connectivity index (χ1) is 9.24. The summed E-state index contributed by atoms with van der Waals surface area (Å²) in [5, 5.41) is 4.50. The van der Waals surface area contributed by atoms with Gasteiger partial charge in [-0.25, -0.2) is 0 Å². The number of hydrogen-bond donors (Lipinski definition) is 2. The van der Waals surface area contributed by atoms with Gasteiger partial charge in [-0.05, 0) is 30.7 Å². The number of aromatic nitrogens is 2. The summed E-state index contributed by atoms with van der Waals surface area (Å²) >= 11 is 0. The van der Waals surface area contributed by atoms with Crippen LogP contribution in [0.25, 0.3) is 0 Å². The molecule has 1 saturated carbocycles. The summed E-state index contributed by atoms with van der Waals surface area (Å²) in [6.07, 6.45) is 11.4. The van der Waals surface area contributed by atoms with E-state index in [1.807, 2.05) is 17.9 Å². The quantitative estimate of drug-likeness (QED) is 0.613. The third kappa shape index (κ3) is 3.80. The predicted molar refractivity (Wildman–Crippen MR) is 78.2 cm³/mol. The molecule has 0 saturated heterocycles. The molecule has 19 heavy (non-hydrogen) atoms. The lowest BCUT2D eigenvalue weighted by molar-refractivity contribution is 0.211. The SMILES string of the molecule is CCCCC1CCC(C(NN)c2ccn(C)n2)CC1. The topological polar surface area (TPSA) is 55.9 Å². The maximum Gasteiger partial charge on any atom is 0.0810 e. The van der Waals surface area contributed by atoms with E-state index in [1.165, 1.54) is 44.9 Å². The van der Waals surface area contributed by atoms with E-state index in [1.54, 1.807) is 0 Å². The van der Waals surface area contributed by atoms with Crippen molar-refractivity contribution in [3.05, 3.63) is 18.0 Å². The second kappa shape index (κ2) is 7.06. The molecule has 0 aromatic carbocycles. The Hall–Kier alpha value is -0.870. The number of hydrogen-bond acceptors (Lipinski definition) is 3. The highest BCUT2D eigenvalue weighted by Crippen LogP contribution is 2.37. The third-order valence-corrected chi connectivity index (χ3v) is 4.56. The van der Waals surface area contributed by atoms with E-state index in [0.717, 1.165) is 11.6 Å². The van der Waals surface area contributed by atoms with Crippen LogP contribution in [0, 0.1) is 11.8 Å². The third-order valence-electron chi connectivity index (χ3n) is 4.56. The molecule has 1 heterocycles. The van der Waals surface area contributed by atoms with Gasteiger partial charge in [-0.1, -0.05) is 39.0 Å². The monoisotopic (exact) mass is 264 g/mol. The number of unbranched alkanes of at least 4 members (excludes halogenated alkanes) is 1. The van der Waals surface area contributed by atoms with Crippen molar-refractivity contribution in [2.45, 2.75) is 57.9 Å². The average Bonchev–Trinajstić information content (AvgIpc) is 2.85. The smallest absolute Gasteiger partial charge is 0.0810 e. The summed E-state index contributed by atoms with van der Waals surface area (Å²) in [4.78, 5) is 0. The number of rotatable bonds is 6. The molecule has 1 aliphatic carbocycles. The maximum absolute atomic E-state index is 5.76. The van der Waals surface area contributed by atoms with Crippen LogP contribution >= 0.6 is 0 Å². The van der Waals surface area contributed by atoms with Crippen LogP contribution in [-0.2, 0) is 7.05 Å². The Balaban J connectivity index is 1.88. The summed E-state index contributed by atoms with van der Waals surface area (Å²) in [6.45, 7) is 2.28. The van der Waals surface area contributed by atoms with E-state index in [2.05, 4.69) is 23.5 Å². The van der Waals surface area contributed by atoms with Gasteiger partial charge in [-0.15, -0.1) is 0 Å². The van der Waals surface area contributed by atoms with Gasteiger partial charge in [0, 0.05) is 13.2 Å². The van der Waals surface area contributed by atoms with Crippen molar-refractivity contribution in [3.63, 3.8) is 0 Å². The zero-order valence-electron chi connectivity index (χ0n) is 12.3. The van der Waals surface area contributed by atoms with Crippen LogP contribution in [0.3, 0.4) is 0 Å². The van der Waals surface area contributed by atoms with Crippen molar-refractivity contribution in [1.29, 1.82) is 0 Å². The van der Waals surface area contributed by atoms with Crippen LogP contribution < -0.4 is 11.3 Å². The van der Waals surface area contributed by atoms with Crippen molar-refractivity contribution < 1.29 is 0 Å². The molecule has 0 radical (unpaired) electrons. The largest absolute Gasteiger partial charge is 0.275 e. The molecular formula is C15H28N4. The molecule has 2 rings (SSSR count). The fraction of sp³-hybridized carbons (Fsp3) is 0.800. The van der Waals surface area contributed by atoms with Crippen LogP contribution in [0.1, 0.15) is 63.6 Å². The number of aryl methyl sites for hydroxylation is 1. The van der Waals surface area contributed by atoms with Gasteiger partial charge in [0.05, 0.1) is 11.7 Å². The number of nitrogens with zero attached hydrogens (tertiary/aromatic N) is 2. The summed E-state index contributed by atoms with van der Waals surface area (Å²) in [5.74, 6) is 7.34. The van der Waals surface area contributed by atoms with Crippen LogP contribution in [0.4, 0.5) is 0 Å². The van der Waals surface area contributed by atoms with E-state index < -0.39 is 0 Å². The molecule has 0 aliphatic heterocycles. The van der Waals surface area contributed by atoms with Gasteiger partial charge in [0.2, 0.25) is 0 Å². The average molecular weight is 264 g/mol. The summed E-state index contributed by atoms with van der Waals surface area (Å²) in [6, 6.07) is 2.29. The minimum atomic E-state index is 0.216. The Kier molecular flexibility index (Phi) is 5.40. The molecule has 4 nitrogen and oxygen atoms in total. The first kappa shape index (κ1) is 14.5. The second-order valence-electron chi connectivity index (χ2n) is 5.98. The van der Waals surface area contributed by atoms with Gasteiger partial charge in [0.1, 0.15) is 0 Å². The number of nitrogens with one attached hydrogen (secondary N) is 1. The van der Waals surface area contributed by atoms with E-state index >= 15 is 0 Å². The Labute approximate surface area is 116 Å². The Morgan fingerprint density at radius 1 is 1.42 bits per heavy atom. The van der Waals surface area contributed by atoms with Crippen LogP contribution in [0.15, 0.2) is 12.3 Å². The zero-order valence-corrected chi connectivity index (χ0v) is 12.3. The van der Waals surface area contributed by atoms with Gasteiger partial charge in [0.15, 0.2) is 0 Å². The molecule has 1 aromatic rings. The van der Waals surface area contributed by atoms with Gasteiger partial charge in [-0.3, -0.25) is 16.0 Å². The normalized spacial score (nSPS) is 25.4. The van der Waals surface area contributed by atoms with Crippen molar-refractivity contribution in [3.8, 4) is 0 Å². The van der Waals surface area contributed by atoms with Gasteiger partial charge >= 0.3 is 0 Å². The first-order valence-corrected chi connectivity index (χ1v) is 7.70. The number of nitrogens with two attached hydrogens (primary N) is 1. The molecule has 0 spiro atoms.